The van der Waals surface area contributed by atoms with Gasteiger partial charge < -0.3 is 4.90 Å². The molecule has 0 aliphatic carbocycles. The summed E-state index contributed by atoms with van der Waals surface area (Å²) in [4.78, 5) is 2.29. The van der Waals surface area contributed by atoms with E-state index in [4.69, 9.17) is 0 Å². The lowest BCUT2D eigenvalue weighted by Crippen LogP contribution is -2.36. The van der Waals surface area contributed by atoms with Crippen LogP contribution in [0.4, 0.5) is 5.69 Å². The molecule has 0 bridgehead atoms. The third kappa shape index (κ3) is 3.87. The van der Waals surface area contributed by atoms with Crippen LogP contribution >= 0.6 is 0 Å². The van der Waals surface area contributed by atoms with Crippen LogP contribution in [0.15, 0.2) is 59.5 Å². The molecule has 0 aliphatic heterocycles. The van der Waals surface area contributed by atoms with Crippen LogP contribution < -0.4 is 4.31 Å². The minimum atomic E-state index is -3.56. The Morgan fingerprint density at radius 2 is 1.45 bits per heavy atom. The molecule has 22 heavy (non-hydrogen) atoms. The molecule has 0 radical (unpaired) electrons. The number of sulfonamides is 1. The van der Waals surface area contributed by atoms with E-state index in [0.717, 1.165) is 5.56 Å². The second-order valence-corrected chi connectivity index (χ2v) is 7.39. The Kier molecular flexibility index (Phi) is 5.21. The summed E-state index contributed by atoms with van der Waals surface area (Å²) in [6.07, 6.45) is 0. The number of para-hydroxylation sites is 1. The molecule has 0 heterocycles. The molecule has 0 saturated carbocycles. The van der Waals surface area contributed by atoms with Crippen molar-refractivity contribution in [1.29, 1.82) is 0 Å². The first-order valence-corrected chi connectivity index (χ1v) is 8.64. The number of hydrogen-bond acceptors (Lipinski definition) is 3. The molecule has 118 valence electrons. The first kappa shape index (κ1) is 16.5. The summed E-state index contributed by atoms with van der Waals surface area (Å²) in [7, 11) is 0.305. The van der Waals surface area contributed by atoms with Crippen LogP contribution in [0.25, 0.3) is 0 Å². The van der Waals surface area contributed by atoms with E-state index < -0.39 is 10.0 Å². The van der Waals surface area contributed by atoms with E-state index >= 15 is 0 Å². The molecule has 0 unspecified atom stereocenters. The molecule has 0 saturated heterocycles. The highest BCUT2D eigenvalue weighted by molar-refractivity contribution is 7.92. The number of benzene rings is 2. The van der Waals surface area contributed by atoms with Gasteiger partial charge in [-0.3, -0.25) is 4.31 Å². The largest absolute Gasteiger partial charge is 0.308 e. The maximum Gasteiger partial charge on any atom is 0.264 e. The van der Waals surface area contributed by atoms with Gasteiger partial charge in [-0.15, -0.1) is 0 Å². The Bertz CT molecular complexity index is 695. The van der Waals surface area contributed by atoms with Crippen molar-refractivity contribution < 1.29 is 8.42 Å². The minimum absolute atomic E-state index is 0.320. The molecule has 4 nitrogen and oxygen atoms in total. The number of likely N-dealkylation sites (N-methyl/N-ethyl adjacent to an activating group) is 1. The van der Waals surface area contributed by atoms with Gasteiger partial charge in [0.15, 0.2) is 0 Å². The minimum Gasteiger partial charge on any atom is -0.308 e. The fourth-order valence-electron chi connectivity index (χ4n) is 2.11. The van der Waals surface area contributed by atoms with E-state index in [1.165, 1.54) is 4.31 Å². The van der Waals surface area contributed by atoms with Crippen molar-refractivity contribution in [2.45, 2.75) is 11.8 Å². The standard InChI is InChI=1S/C17H22N2O2S/c1-15-9-11-17(12-10-15)22(20,21)19(14-13-18(2)3)16-7-5-4-6-8-16/h4-12H,13-14H2,1-3H3. The lowest BCUT2D eigenvalue weighted by molar-refractivity contribution is 0.419. The van der Waals surface area contributed by atoms with Crippen LogP contribution in [0.1, 0.15) is 5.56 Å². The highest BCUT2D eigenvalue weighted by Crippen LogP contribution is 2.23. The molecule has 0 amide bonds. The van der Waals surface area contributed by atoms with Gasteiger partial charge in [0.25, 0.3) is 10.0 Å². The summed E-state index contributed by atoms with van der Waals surface area (Å²) in [6.45, 7) is 3.00. The van der Waals surface area contributed by atoms with Crippen LogP contribution in [0.2, 0.25) is 0 Å². The van der Waals surface area contributed by atoms with Gasteiger partial charge in [0.1, 0.15) is 0 Å². The monoisotopic (exact) mass is 318 g/mol. The van der Waals surface area contributed by atoms with Gasteiger partial charge in [-0.25, -0.2) is 8.42 Å². The lowest BCUT2D eigenvalue weighted by Gasteiger charge is -2.26. The molecule has 2 aromatic rings. The number of anilines is 1. The van der Waals surface area contributed by atoms with E-state index in [0.29, 0.717) is 23.7 Å². The Labute approximate surface area is 133 Å². The number of rotatable bonds is 6. The van der Waals surface area contributed by atoms with Crippen molar-refractivity contribution in [3.05, 3.63) is 60.2 Å². The van der Waals surface area contributed by atoms with Gasteiger partial charge in [-0.1, -0.05) is 35.9 Å². The van der Waals surface area contributed by atoms with Gasteiger partial charge in [-0.05, 0) is 45.3 Å². The zero-order valence-electron chi connectivity index (χ0n) is 13.2. The van der Waals surface area contributed by atoms with E-state index in [9.17, 15) is 8.42 Å². The van der Waals surface area contributed by atoms with Crippen LogP contribution in [0.5, 0.6) is 0 Å². The highest BCUT2D eigenvalue weighted by Gasteiger charge is 2.24. The van der Waals surface area contributed by atoms with Gasteiger partial charge in [0, 0.05) is 13.1 Å². The maximum atomic E-state index is 13.0. The van der Waals surface area contributed by atoms with E-state index in [2.05, 4.69) is 0 Å². The molecule has 5 heteroatoms. The van der Waals surface area contributed by atoms with Crippen LogP contribution in [0, 0.1) is 6.92 Å². The fourth-order valence-corrected chi connectivity index (χ4v) is 3.57. The smallest absolute Gasteiger partial charge is 0.264 e. The maximum absolute atomic E-state index is 13.0. The zero-order chi connectivity index (χ0) is 16.2. The second-order valence-electron chi connectivity index (χ2n) is 5.53. The van der Waals surface area contributed by atoms with Crippen LogP contribution in [0.3, 0.4) is 0 Å². The van der Waals surface area contributed by atoms with E-state index in [-0.39, 0.29) is 0 Å². The van der Waals surface area contributed by atoms with Gasteiger partial charge in [0.05, 0.1) is 10.6 Å². The van der Waals surface area contributed by atoms with Crippen LogP contribution in [-0.2, 0) is 10.0 Å². The van der Waals surface area contributed by atoms with Crippen molar-refractivity contribution in [1.82, 2.24) is 4.90 Å². The average Bonchev–Trinajstić information content (AvgIpc) is 2.48. The summed E-state index contributed by atoms with van der Waals surface area (Å²) >= 11 is 0. The van der Waals surface area contributed by atoms with Crippen molar-refractivity contribution in [3.63, 3.8) is 0 Å². The lowest BCUT2D eigenvalue weighted by atomic mass is 10.2. The summed E-state index contributed by atoms with van der Waals surface area (Å²) in [5, 5.41) is 0. The first-order valence-electron chi connectivity index (χ1n) is 7.20. The van der Waals surface area contributed by atoms with Crippen molar-refractivity contribution in [3.8, 4) is 0 Å². The summed E-state index contributed by atoms with van der Waals surface area (Å²) in [5.41, 5.74) is 1.73. The fraction of sp³-hybridized carbons (Fsp3) is 0.294. The van der Waals surface area contributed by atoms with Gasteiger partial charge >= 0.3 is 0 Å². The molecule has 0 aliphatic rings. The quantitative estimate of drug-likeness (QED) is 0.822. The van der Waals surface area contributed by atoms with Crippen LogP contribution in [-0.4, -0.2) is 40.5 Å². The summed E-state index contributed by atoms with van der Waals surface area (Å²) in [5.74, 6) is 0. The SMILES string of the molecule is Cc1ccc(S(=O)(=O)N(CCN(C)C)c2ccccc2)cc1. The number of nitrogens with zero attached hydrogens (tertiary/aromatic N) is 2. The summed E-state index contributed by atoms with van der Waals surface area (Å²) < 4.78 is 27.4. The Morgan fingerprint density at radius 3 is 2.00 bits per heavy atom. The number of hydrogen-bond donors (Lipinski definition) is 0. The highest BCUT2D eigenvalue weighted by atomic mass is 32.2. The molecule has 2 rings (SSSR count). The molecule has 2 aromatic carbocycles. The third-order valence-electron chi connectivity index (χ3n) is 3.40. The normalized spacial score (nSPS) is 11.6. The number of aryl methyl sites for hydroxylation is 1. The molecule has 0 aromatic heterocycles. The molecule has 0 fully saturated rings. The van der Waals surface area contributed by atoms with E-state index in [1.807, 2.05) is 68.4 Å². The van der Waals surface area contributed by atoms with Crippen molar-refractivity contribution in [2.75, 3.05) is 31.5 Å². The Balaban J connectivity index is 2.41. The first-order chi connectivity index (χ1) is 10.4. The van der Waals surface area contributed by atoms with Gasteiger partial charge in [0.2, 0.25) is 0 Å². The van der Waals surface area contributed by atoms with E-state index in [1.54, 1.807) is 12.1 Å². The van der Waals surface area contributed by atoms with Crippen molar-refractivity contribution >= 4 is 15.7 Å². The third-order valence-corrected chi connectivity index (χ3v) is 5.25. The summed E-state index contributed by atoms with van der Waals surface area (Å²) in [6, 6.07) is 16.2. The molecular formula is C17H22N2O2S. The Hall–Kier alpha value is -1.85. The predicted octanol–water partition coefficient (Wildman–Crippen LogP) is 2.75. The average molecular weight is 318 g/mol. The topological polar surface area (TPSA) is 40.6 Å². The van der Waals surface area contributed by atoms with Gasteiger partial charge in [-0.2, -0.15) is 0 Å². The molecule has 0 spiro atoms. The molecule has 0 atom stereocenters. The molecule has 0 N–H and O–H groups in total. The second kappa shape index (κ2) is 6.94. The predicted molar refractivity (Wildman–Crippen MR) is 90.7 cm³/mol. The molecular weight excluding hydrogens is 296 g/mol. The van der Waals surface area contributed by atoms with Crippen molar-refractivity contribution in [2.24, 2.45) is 0 Å². The zero-order valence-corrected chi connectivity index (χ0v) is 14.0. The Morgan fingerprint density at radius 1 is 0.864 bits per heavy atom.